The summed E-state index contributed by atoms with van der Waals surface area (Å²) < 4.78 is 2.87. The summed E-state index contributed by atoms with van der Waals surface area (Å²) in [5.74, 6) is -0.933. The van der Waals surface area contributed by atoms with Crippen LogP contribution in [0.2, 0.25) is 0 Å². The Hall–Kier alpha value is -0.750. The Morgan fingerprint density at radius 2 is 2.43 bits per heavy atom. The largest absolute Gasteiger partial charge is 0.480 e. The molecule has 0 saturated carbocycles. The number of aliphatic imine (C=N–C) groups is 1. The molecule has 0 aromatic rings. The minimum absolute atomic E-state index is 0.515. The van der Waals surface area contributed by atoms with Crippen LogP contribution in [0.5, 0.6) is 0 Å². The summed E-state index contributed by atoms with van der Waals surface area (Å²) in [4.78, 5) is 14.4. The molecule has 0 aliphatic rings. The minimum atomic E-state index is -0.933. The first kappa shape index (κ1) is 13.2. The molecule has 5 nitrogen and oxygen atoms in total. The number of nitrogens with zero attached hydrogens (tertiary/aromatic N) is 1. The Kier molecular flexibility index (Phi) is 8.36. The fraction of sp³-hybridized carbons (Fsp3) is 0.750. The molecule has 4 N–H and O–H groups in total. The van der Waals surface area contributed by atoms with E-state index in [-0.39, 0.29) is 0 Å². The number of hydrogen-bond donors (Lipinski definition) is 3. The normalized spacial score (nSPS) is 13.0. The zero-order valence-electron chi connectivity index (χ0n) is 8.27. The van der Waals surface area contributed by atoms with E-state index < -0.39 is 12.0 Å². The summed E-state index contributed by atoms with van der Waals surface area (Å²) in [7, 11) is 0. The van der Waals surface area contributed by atoms with Crippen LogP contribution in [0.4, 0.5) is 0 Å². The smallest absolute Gasteiger partial charge is 0.320 e. The Bertz CT molecular complexity index is 187. The van der Waals surface area contributed by atoms with E-state index in [9.17, 15) is 4.79 Å². The van der Waals surface area contributed by atoms with E-state index in [4.69, 9.17) is 10.8 Å². The zero-order chi connectivity index (χ0) is 10.8. The van der Waals surface area contributed by atoms with Crippen LogP contribution in [-0.2, 0) is 4.79 Å². The quantitative estimate of drug-likeness (QED) is 0.239. The predicted molar refractivity (Wildman–Crippen MR) is 59.5 cm³/mol. The molecule has 14 heavy (non-hydrogen) atoms. The first-order valence-corrected chi connectivity index (χ1v) is 5.66. The molecule has 0 aromatic carbocycles. The SMILES string of the molecule is CSNC=NCCCC[C@H](N)C(=O)O. The number of nitrogens with two attached hydrogens (primary N) is 1. The monoisotopic (exact) mass is 219 g/mol. The van der Waals surface area contributed by atoms with Crippen molar-refractivity contribution in [1.82, 2.24) is 4.72 Å². The minimum Gasteiger partial charge on any atom is -0.480 e. The van der Waals surface area contributed by atoms with E-state index in [0.29, 0.717) is 13.0 Å². The molecule has 0 aliphatic heterocycles. The van der Waals surface area contributed by atoms with Crippen LogP contribution in [0, 0.1) is 0 Å². The lowest BCUT2D eigenvalue weighted by Gasteiger charge is -2.03. The maximum atomic E-state index is 10.3. The van der Waals surface area contributed by atoms with Gasteiger partial charge in [0.15, 0.2) is 0 Å². The highest BCUT2D eigenvalue weighted by molar-refractivity contribution is 7.97. The van der Waals surface area contributed by atoms with Crippen LogP contribution < -0.4 is 10.5 Å². The first-order chi connectivity index (χ1) is 6.68. The summed E-state index contributed by atoms with van der Waals surface area (Å²) in [5.41, 5.74) is 5.33. The lowest BCUT2D eigenvalue weighted by Crippen LogP contribution is -2.29. The lowest BCUT2D eigenvalue weighted by molar-refractivity contribution is -0.138. The second-order valence-electron chi connectivity index (χ2n) is 2.80. The number of nitrogens with one attached hydrogen (secondary N) is 1. The number of carbonyl (C=O) groups is 1. The van der Waals surface area contributed by atoms with Gasteiger partial charge in [-0.25, -0.2) is 0 Å². The molecule has 0 spiro atoms. The number of carboxylic acid groups (broad SMARTS) is 1. The number of unbranched alkanes of at least 4 members (excludes halogenated alkanes) is 1. The predicted octanol–water partition coefficient (Wildman–Crippen LogP) is 0.464. The number of hydrogen-bond acceptors (Lipinski definition) is 4. The van der Waals surface area contributed by atoms with Crippen molar-refractivity contribution in [3.8, 4) is 0 Å². The van der Waals surface area contributed by atoms with E-state index in [1.54, 1.807) is 6.34 Å². The number of aliphatic carboxylic acids is 1. The highest BCUT2D eigenvalue weighted by atomic mass is 32.2. The van der Waals surface area contributed by atoms with Crippen molar-refractivity contribution in [2.45, 2.75) is 25.3 Å². The second kappa shape index (κ2) is 8.83. The van der Waals surface area contributed by atoms with Crippen LogP contribution in [0.3, 0.4) is 0 Å². The Morgan fingerprint density at radius 1 is 1.71 bits per heavy atom. The van der Waals surface area contributed by atoms with Crippen LogP contribution in [-0.4, -0.2) is 36.3 Å². The molecule has 0 amide bonds. The summed E-state index contributed by atoms with van der Waals surface area (Å²) in [6.45, 7) is 0.708. The number of carboxylic acids is 1. The zero-order valence-corrected chi connectivity index (χ0v) is 9.09. The molecule has 0 aliphatic carbocycles. The van der Waals surface area contributed by atoms with Gasteiger partial charge < -0.3 is 15.6 Å². The van der Waals surface area contributed by atoms with E-state index in [0.717, 1.165) is 12.8 Å². The summed E-state index contributed by atoms with van der Waals surface area (Å²) in [6, 6.07) is -0.733. The molecule has 0 rings (SSSR count). The molecule has 0 aromatic heterocycles. The van der Waals surface area contributed by atoms with Gasteiger partial charge in [-0.2, -0.15) is 0 Å². The molecular formula is C8H17N3O2S. The van der Waals surface area contributed by atoms with E-state index in [1.807, 2.05) is 6.26 Å². The van der Waals surface area contributed by atoms with Gasteiger partial charge in [0.1, 0.15) is 6.04 Å². The van der Waals surface area contributed by atoms with Crippen LogP contribution in [0.15, 0.2) is 4.99 Å². The molecule has 0 heterocycles. The Morgan fingerprint density at radius 3 is 3.00 bits per heavy atom. The van der Waals surface area contributed by atoms with Gasteiger partial charge in [-0.15, -0.1) is 0 Å². The molecule has 0 unspecified atom stereocenters. The lowest BCUT2D eigenvalue weighted by atomic mass is 10.1. The standard InChI is InChI=1S/C8H17N3O2S/c1-14-11-6-10-5-3-2-4-7(9)8(12)13/h6-7H,2-5,9H2,1H3,(H,10,11)(H,12,13)/t7-/m0/s1. The van der Waals surface area contributed by atoms with Gasteiger partial charge in [0, 0.05) is 12.8 Å². The van der Waals surface area contributed by atoms with E-state index in [2.05, 4.69) is 9.71 Å². The van der Waals surface area contributed by atoms with Crippen molar-refractivity contribution in [2.75, 3.05) is 12.8 Å². The van der Waals surface area contributed by atoms with Gasteiger partial charge in [-0.05, 0) is 19.3 Å². The van der Waals surface area contributed by atoms with Crippen LogP contribution in [0.1, 0.15) is 19.3 Å². The van der Waals surface area contributed by atoms with E-state index in [1.165, 1.54) is 11.9 Å². The van der Waals surface area contributed by atoms with Gasteiger partial charge in [0.25, 0.3) is 0 Å². The summed E-state index contributed by atoms with van der Waals surface area (Å²) >= 11 is 1.48. The average Bonchev–Trinajstić information content (AvgIpc) is 2.16. The molecule has 0 fully saturated rings. The van der Waals surface area contributed by atoms with Crippen LogP contribution in [0.25, 0.3) is 0 Å². The molecule has 1 atom stereocenters. The molecule has 0 saturated heterocycles. The van der Waals surface area contributed by atoms with Crippen molar-refractivity contribution >= 4 is 24.3 Å². The number of rotatable bonds is 8. The molecular weight excluding hydrogens is 202 g/mol. The maximum Gasteiger partial charge on any atom is 0.320 e. The molecule has 6 heteroatoms. The van der Waals surface area contributed by atoms with Gasteiger partial charge in [0.2, 0.25) is 0 Å². The molecule has 82 valence electrons. The highest BCUT2D eigenvalue weighted by Crippen LogP contribution is 1.99. The van der Waals surface area contributed by atoms with Gasteiger partial charge in [-0.1, -0.05) is 11.9 Å². The second-order valence-corrected chi connectivity index (χ2v) is 3.44. The summed E-state index contributed by atoms with van der Waals surface area (Å²) in [5, 5.41) is 8.49. The Labute approximate surface area is 88.3 Å². The fourth-order valence-corrected chi connectivity index (χ4v) is 1.03. The van der Waals surface area contributed by atoms with Crippen molar-refractivity contribution in [3.63, 3.8) is 0 Å². The van der Waals surface area contributed by atoms with Gasteiger partial charge >= 0.3 is 5.97 Å². The van der Waals surface area contributed by atoms with E-state index >= 15 is 0 Å². The van der Waals surface area contributed by atoms with Crippen molar-refractivity contribution < 1.29 is 9.90 Å². The first-order valence-electron chi connectivity index (χ1n) is 4.43. The molecule has 0 radical (unpaired) electrons. The maximum absolute atomic E-state index is 10.3. The van der Waals surface area contributed by atoms with Crippen molar-refractivity contribution in [1.29, 1.82) is 0 Å². The third-order valence-corrected chi connectivity index (χ3v) is 1.97. The third-order valence-electron chi connectivity index (χ3n) is 1.63. The fourth-order valence-electron chi connectivity index (χ4n) is 0.845. The average molecular weight is 219 g/mol. The van der Waals surface area contributed by atoms with Crippen molar-refractivity contribution in [2.24, 2.45) is 10.7 Å². The van der Waals surface area contributed by atoms with Crippen LogP contribution >= 0.6 is 11.9 Å². The van der Waals surface area contributed by atoms with Gasteiger partial charge in [-0.3, -0.25) is 9.79 Å². The molecule has 0 bridgehead atoms. The van der Waals surface area contributed by atoms with Gasteiger partial charge in [0.05, 0.1) is 6.34 Å². The highest BCUT2D eigenvalue weighted by Gasteiger charge is 2.09. The Balaban J connectivity index is 3.25. The third kappa shape index (κ3) is 7.88. The summed E-state index contributed by atoms with van der Waals surface area (Å²) in [6.07, 6.45) is 5.73. The topological polar surface area (TPSA) is 87.7 Å². The van der Waals surface area contributed by atoms with Crippen molar-refractivity contribution in [3.05, 3.63) is 0 Å².